The van der Waals surface area contributed by atoms with Crippen LogP contribution in [0.15, 0.2) is 11.1 Å². The molecule has 2 bridgehead atoms. The van der Waals surface area contributed by atoms with Crippen molar-refractivity contribution in [1.29, 1.82) is 0 Å². The Morgan fingerprint density at radius 2 is 2.30 bits per heavy atom. The minimum absolute atomic E-state index is 0.853. The van der Waals surface area contributed by atoms with Crippen LogP contribution in [0, 0.1) is 5.92 Å². The number of allylic oxidation sites excluding steroid dienone is 1. The molecular formula is C9H15N. The van der Waals surface area contributed by atoms with Crippen LogP contribution in [0.4, 0.5) is 0 Å². The molecule has 0 spiro atoms. The van der Waals surface area contributed by atoms with Gasteiger partial charge in [-0.25, -0.2) is 0 Å². The Bertz CT molecular complexity index is 170. The van der Waals surface area contributed by atoms with Crippen molar-refractivity contribution in [1.82, 2.24) is 0 Å². The number of nitrogens with two attached hydrogens (primary N) is 1. The molecule has 1 nitrogen and oxygen atoms in total. The van der Waals surface area contributed by atoms with E-state index in [-0.39, 0.29) is 0 Å². The van der Waals surface area contributed by atoms with Gasteiger partial charge >= 0.3 is 0 Å². The third-order valence-electron chi connectivity index (χ3n) is 2.87. The lowest BCUT2D eigenvalue weighted by Gasteiger charge is -2.09. The topological polar surface area (TPSA) is 26.0 Å². The molecule has 1 heteroatoms. The lowest BCUT2D eigenvalue weighted by atomic mass is 9.97. The molecule has 1 atom stereocenters. The van der Waals surface area contributed by atoms with E-state index < -0.39 is 0 Å². The fraction of sp³-hybridized carbons (Fsp3) is 0.778. The van der Waals surface area contributed by atoms with Gasteiger partial charge in [-0.15, -0.1) is 0 Å². The lowest BCUT2D eigenvalue weighted by molar-refractivity contribution is 0.554. The van der Waals surface area contributed by atoms with Gasteiger partial charge in [0.1, 0.15) is 0 Å². The van der Waals surface area contributed by atoms with Gasteiger partial charge in [0.05, 0.1) is 0 Å². The van der Waals surface area contributed by atoms with Gasteiger partial charge in [0.25, 0.3) is 0 Å². The van der Waals surface area contributed by atoms with Crippen molar-refractivity contribution >= 4 is 0 Å². The standard InChI is InChI=1S/C9H15N/c10-4-3-9-6-7-1-2-8(9)5-7/h7H,1-6,10H2. The Labute approximate surface area is 62.3 Å². The third kappa shape index (κ3) is 0.891. The minimum Gasteiger partial charge on any atom is -0.330 e. The molecule has 10 heavy (non-hydrogen) atoms. The van der Waals surface area contributed by atoms with Crippen molar-refractivity contribution in [2.45, 2.75) is 32.1 Å². The zero-order valence-electron chi connectivity index (χ0n) is 6.40. The summed E-state index contributed by atoms with van der Waals surface area (Å²) in [5.74, 6) is 1.02. The molecule has 0 amide bonds. The van der Waals surface area contributed by atoms with E-state index in [2.05, 4.69) is 0 Å². The predicted octanol–water partition coefficient (Wildman–Crippen LogP) is 1.84. The molecule has 2 aliphatic carbocycles. The average molecular weight is 137 g/mol. The Balaban J connectivity index is 2.08. The van der Waals surface area contributed by atoms with Gasteiger partial charge in [0.2, 0.25) is 0 Å². The number of hydrogen-bond donors (Lipinski definition) is 1. The van der Waals surface area contributed by atoms with E-state index in [9.17, 15) is 0 Å². The lowest BCUT2D eigenvalue weighted by Crippen LogP contribution is -2.02. The molecule has 0 aromatic carbocycles. The first-order chi connectivity index (χ1) is 4.90. The van der Waals surface area contributed by atoms with Crippen LogP contribution in [0.25, 0.3) is 0 Å². The van der Waals surface area contributed by atoms with Gasteiger partial charge in [-0.05, 0) is 44.6 Å². The summed E-state index contributed by atoms with van der Waals surface area (Å²) in [6, 6.07) is 0. The predicted molar refractivity (Wildman–Crippen MR) is 42.7 cm³/mol. The molecule has 1 fully saturated rings. The highest BCUT2D eigenvalue weighted by molar-refractivity contribution is 5.25. The first kappa shape index (κ1) is 6.41. The van der Waals surface area contributed by atoms with E-state index in [0.29, 0.717) is 0 Å². The quantitative estimate of drug-likeness (QED) is 0.577. The highest BCUT2D eigenvalue weighted by Crippen LogP contribution is 2.44. The van der Waals surface area contributed by atoms with Crippen molar-refractivity contribution in [3.63, 3.8) is 0 Å². The van der Waals surface area contributed by atoms with E-state index in [1.165, 1.54) is 32.1 Å². The summed E-state index contributed by atoms with van der Waals surface area (Å²) in [5.41, 5.74) is 8.97. The SMILES string of the molecule is NCCC1=C2CCC(C1)C2. The van der Waals surface area contributed by atoms with Gasteiger partial charge in [-0.3, -0.25) is 0 Å². The van der Waals surface area contributed by atoms with E-state index in [1.807, 2.05) is 0 Å². The first-order valence-corrected chi connectivity index (χ1v) is 4.30. The molecule has 1 saturated carbocycles. The summed E-state index contributed by atoms with van der Waals surface area (Å²) in [6.45, 7) is 0.853. The molecule has 0 aromatic rings. The highest BCUT2D eigenvalue weighted by atomic mass is 14.5. The van der Waals surface area contributed by atoms with Gasteiger partial charge in [-0.1, -0.05) is 11.1 Å². The van der Waals surface area contributed by atoms with Crippen LogP contribution < -0.4 is 5.73 Å². The van der Waals surface area contributed by atoms with Crippen molar-refractivity contribution < 1.29 is 0 Å². The summed E-state index contributed by atoms with van der Waals surface area (Å²) in [7, 11) is 0. The Kier molecular flexibility index (Phi) is 1.53. The molecule has 2 aliphatic rings. The molecule has 2 N–H and O–H groups in total. The van der Waals surface area contributed by atoms with Gasteiger partial charge in [-0.2, -0.15) is 0 Å². The molecule has 2 rings (SSSR count). The van der Waals surface area contributed by atoms with Crippen molar-refractivity contribution in [3.05, 3.63) is 11.1 Å². The second-order valence-electron chi connectivity index (χ2n) is 3.56. The van der Waals surface area contributed by atoms with Crippen LogP contribution in [-0.2, 0) is 0 Å². The summed E-state index contributed by atoms with van der Waals surface area (Å²) in [4.78, 5) is 0. The number of hydrogen-bond acceptors (Lipinski definition) is 1. The zero-order chi connectivity index (χ0) is 6.97. The van der Waals surface area contributed by atoms with E-state index in [4.69, 9.17) is 5.73 Å². The smallest absolute Gasteiger partial charge is 0.00398 e. The van der Waals surface area contributed by atoms with Gasteiger partial charge < -0.3 is 5.73 Å². The summed E-state index contributed by atoms with van der Waals surface area (Å²) >= 11 is 0. The molecule has 0 radical (unpaired) electrons. The van der Waals surface area contributed by atoms with Crippen LogP contribution in [0.2, 0.25) is 0 Å². The average Bonchev–Trinajstić information content (AvgIpc) is 2.48. The van der Waals surface area contributed by atoms with Crippen molar-refractivity contribution in [2.75, 3.05) is 6.54 Å². The van der Waals surface area contributed by atoms with Crippen LogP contribution >= 0.6 is 0 Å². The summed E-state index contributed by atoms with van der Waals surface area (Å²) in [6.07, 6.45) is 6.82. The van der Waals surface area contributed by atoms with Crippen LogP contribution in [0.1, 0.15) is 32.1 Å². The third-order valence-corrected chi connectivity index (χ3v) is 2.87. The summed E-state index contributed by atoms with van der Waals surface area (Å²) < 4.78 is 0. The zero-order valence-corrected chi connectivity index (χ0v) is 6.40. The minimum atomic E-state index is 0.853. The Morgan fingerprint density at radius 1 is 1.40 bits per heavy atom. The largest absolute Gasteiger partial charge is 0.330 e. The monoisotopic (exact) mass is 137 g/mol. The van der Waals surface area contributed by atoms with Gasteiger partial charge in [0, 0.05) is 0 Å². The van der Waals surface area contributed by atoms with Crippen LogP contribution in [0.3, 0.4) is 0 Å². The maximum atomic E-state index is 5.51. The number of fused-ring (bicyclic) bond motifs is 2. The fourth-order valence-corrected chi connectivity index (χ4v) is 2.37. The normalized spacial score (nSPS) is 30.3. The molecular weight excluding hydrogens is 122 g/mol. The Hall–Kier alpha value is -0.300. The van der Waals surface area contributed by atoms with Crippen LogP contribution in [0.5, 0.6) is 0 Å². The Morgan fingerprint density at radius 3 is 2.80 bits per heavy atom. The second kappa shape index (κ2) is 2.39. The molecule has 0 heterocycles. The maximum Gasteiger partial charge on any atom is -0.00398 e. The molecule has 56 valence electrons. The van der Waals surface area contributed by atoms with Crippen molar-refractivity contribution in [3.8, 4) is 0 Å². The first-order valence-electron chi connectivity index (χ1n) is 4.30. The molecule has 1 unspecified atom stereocenters. The van der Waals surface area contributed by atoms with Gasteiger partial charge in [0.15, 0.2) is 0 Å². The van der Waals surface area contributed by atoms with E-state index in [1.54, 1.807) is 11.1 Å². The van der Waals surface area contributed by atoms with E-state index in [0.717, 1.165) is 12.5 Å². The molecule has 0 saturated heterocycles. The highest BCUT2D eigenvalue weighted by Gasteiger charge is 2.28. The molecule has 0 aromatic heterocycles. The van der Waals surface area contributed by atoms with Crippen molar-refractivity contribution in [2.24, 2.45) is 11.7 Å². The van der Waals surface area contributed by atoms with E-state index >= 15 is 0 Å². The maximum absolute atomic E-state index is 5.51. The summed E-state index contributed by atoms with van der Waals surface area (Å²) in [5, 5.41) is 0. The number of rotatable bonds is 2. The second-order valence-corrected chi connectivity index (χ2v) is 3.56. The fourth-order valence-electron chi connectivity index (χ4n) is 2.37. The molecule has 0 aliphatic heterocycles. The van der Waals surface area contributed by atoms with Crippen LogP contribution in [-0.4, -0.2) is 6.54 Å².